The summed E-state index contributed by atoms with van der Waals surface area (Å²) < 4.78 is 24.5. The molecule has 1 unspecified atom stereocenters. The van der Waals surface area contributed by atoms with Crippen LogP contribution in [0.15, 0.2) is 78.9 Å². The summed E-state index contributed by atoms with van der Waals surface area (Å²) >= 11 is 0. The summed E-state index contributed by atoms with van der Waals surface area (Å²) in [4.78, 5) is 28.3. The number of hydrogen-bond donors (Lipinski definition) is 1. The number of nitrogens with zero attached hydrogens (tertiary/aromatic N) is 1. The summed E-state index contributed by atoms with van der Waals surface area (Å²) in [5.41, 5.74) is 1.81. The molecule has 5 rings (SSSR count). The molecular formula is C29H29FN2O4. The lowest BCUT2D eigenvalue weighted by Gasteiger charge is -2.26. The van der Waals surface area contributed by atoms with Gasteiger partial charge in [-0.05, 0) is 85.7 Å². The van der Waals surface area contributed by atoms with E-state index >= 15 is 0 Å². The fourth-order valence-corrected chi connectivity index (χ4v) is 4.94. The molecule has 0 radical (unpaired) electrons. The van der Waals surface area contributed by atoms with Crippen molar-refractivity contribution in [1.29, 1.82) is 0 Å². The molecule has 0 bridgehead atoms. The first-order valence-electron chi connectivity index (χ1n) is 12.4. The van der Waals surface area contributed by atoms with Gasteiger partial charge in [-0.15, -0.1) is 0 Å². The minimum atomic E-state index is -0.550. The number of halogens is 1. The molecule has 2 fully saturated rings. The van der Waals surface area contributed by atoms with Crippen LogP contribution >= 0.6 is 0 Å². The highest BCUT2D eigenvalue weighted by molar-refractivity contribution is 5.98. The number of likely N-dealkylation sites (tertiary alicyclic amines) is 1. The third-order valence-corrected chi connectivity index (χ3v) is 6.72. The summed E-state index contributed by atoms with van der Waals surface area (Å²) in [6.45, 7) is 1.12. The van der Waals surface area contributed by atoms with Gasteiger partial charge in [0.15, 0.2) is 0 Å². The summed E-state index contributed by atoms with van der Waals surface area (Å²) in [7, 11) is 0. The number of carbonyl (C=O) groups is 2. The van der Waals surface area contributed by atoms with Crippen LogP contribution in [0.2, 0.25) is 0 Å². The Labute approximate surface area is 210 Å². The molecule has 1 N–H and O–H groups in total. The molecule has 2 saturated heterocycles. The van der Waals surface area contributed by atoms with Crippen LogP contribution in [-0.2, 0) is 20.7 Å². The van der Waals surface area contributed by atoms with Gasteiger partial charge in [0.1, 0.15) is 29.5 Å². The standard InChI is InChI=1S/C29H29FN2O4/c30-22-8-12-24(13-9-22)36-25-14-10-23(11-15-25)31-28(33)26-18-21(17-20-5-2-1-3-6-20)19-32(26)29(34)27-7-4-16-35-27/h1-3,5-6,8-15,21,26-27H,4,7,16-19H2,(H,31,33)/t21-,26+,27?/m1/s1. The zero-order valence-electron chi connectivity index (χ0n) is 19.9. The molecule has 0 aliphatic carbocycles. The highest BCUT2D eigenvalue weighted by Gasteiger charge is 2.42. The van der Waals surface area contributed by atoms with Crippen LogP contribution in [0.3, 0.4) is 0 Å². The van der Waals surface area contributed by atoms with Gasteiger partial charge < -0.3 is 19.7 Å². The molecule has 186 valence electrons. The fraction of sp³-hybridized carbons (Fsp3) is 0.310. The van der Waals surface area contributed by atoms with Gasteiger partial charge in [-0.1, -0.05) is 30.3 Å². The SMILES string of the molecule is O=C(Nc1ccc(Oc2ccc(F)cc2)cc1)[C@@H]1C[C@@H](Cc2ccccc2)CN1C(=O)C1CCCO1. The summed E-state index contributed by atoms with van der Waals surface area (Å²) in [5, 5.41) is 2.96. The first-order valence-corrected chi connectivity index (χ1v) is 12.4. The van der Waals surface area contributed by atoms with E-state index in [0.717, 1.165) is 12.8 Å². The van der Waals surface area contributed by atoms with Crippen LogP contribution in [-0.4, -0.2) is 42.0 Å². The van der Waals surface area contributed by atoms with Gasteiger partial charge in [0, 0.05) is 18.8 Å². The molecule has 2 amide bonds. The van der Waals surface area contributed by atoms with Gasteiger partial charge in [0.2, 0.25) is 5.91 Å². The lowest BCUT2D eigenvalue weighted by atomic mass is 9.96. The van der Waals surface area contributed by atoms with E-state index in [9.17, 15) is 14.0 Å². The average molecular weight is 489 g/mol. The van der Waals surface area contributed by atoms with E-state index in [1.165, 1.54) is 17.7 Å². The monoisotopic (exact) mass is 488 g/mol. The van der Waals surface area contributed by atoms with Crippen LogP contribution in [0.25, 0.3) is 0 Å². The van der Waals surface area contributed by atoms with Crippen molar-refractivity contribution in [3.63, 3.8) is 0 Å². The summed E-state index contributed by atoms with van der Waals surface area (Å²) in [5.74, 6) is 0.658. The maximum atomic E-state index is 13.3. The first-order chi connectivity index (χ1) is 17.5. The zero-order valence-corrected chi connectivity index (χ0v) is 19.9. The van der Waals surface area contributed by atoms with E-state index in [4.69, 9.17) is 9.47 Å². The van der Waals surface area contributed by atoms with Gasteiger partial charge in [-0.25, -0.2) is 4.39 Å². The molecule has 2 aliphatic rings. The summed E-state index contributed by atoms with van der Waals surface area (Å²) in [6, 6.07) is 22.3. The summed E-state index contributed by atoms with van der Waals surface area (Å²) in [6.07, 6.45) is 2.52. The first kappa shape index (κ1) is 24.0. The molecule has 3 aromatic rings. The highest BCUT2D eigenvalue weighted by atomic mass is 19.1. The maximum Gasteiger partial charge on any atom is 0.252 e. The topological polar surface area (TPSA) is 67.9 Å². The van der Waals surface area contributed by atoms with Crippen LogP contribution in [0.5, 0.6) is 11.5 Å². The van der Waals surface area contributed by atoms with Crippen LogP contribution in [0, 0.1) is 11.7 Å². The molecule has 36 heavy (non-hydrogen) atoms. The van der Waals surface area contributed by atoms with Crippen LogP contribution < -0.4 is 10.1 Å². The number of benzene rings is 3. The van der Waals surface area contributed by atoms with Crippen LogP contribution in [0.4, 0.5) is 10.1 Å². The Morgan fingerprint density at radius 1 is 0.972 bits per heavy atom. The minimum Gasteiger partial charge on any atom is -0.457 e. The fourth-order valence-electron chi connectivity index (χ4n) is 4.94. The van der Waals surface area contributed by atoms with Gasteiger partial charge in [-0.3, -0.25) is 9.59 Å². The van der Waals surface area contributed by atoms with E-state index in [0.29, 0.717) is 43.2 Å². The number of amides is 2. The van der Waals surface area contributed by atoms with Crippen molar-refractivity contribution >= 4 is 17.5 Å². The van der Waals surface area contributed by atoms with E-state index in [1.54, 1.807) is 41.3 Å². The molecule has 0 aromatic heterocycles. The van der Waals surface area contributed by atoms with Crippen molar-refractivity contribution < 1.29 is 23.5 Å². The number of ether oxygens (including phenoxy) is 2. The second-order valence-corrected chi connectivity index (χ2v) is 9.37. The van der Waals surface area contributed by atoms with Gasteiger partial charge in [0.05, 0.1) is 0 Å². The molecule has 0 saturated carbocycles. The quantitative estimate of drug-likeness (QED) is 0.497. The second-order valence-electron chi connectivity index (χ2n) is 9.37. The number of hydrogen-bond acceptors (Lipinski definition) is 4. The number of nitrogens with one attached hydrogen (secondary N) is 1. The van der Waals surface area contributed by atoms with Crippen molar-refractivity contribution in [3.05, 3.63) is 90.2 Å². The van der Waals surface area contributed by atoms with E-state index in [1.807, 2.05) is 18.2 Å². The Balaban J connectivity index is 1.26. The Kier molecular flexibility index (Phi) is 7.28. The van der Waals surface area contributed by atoms with Gasteiger partial charge in [-0.2, -0.15) is 0 Å². The average Bonchev–Trinajstić information content (AvgIpc) is 3.58. The molecular weight excluding hydrogens is 459 g/mol. The predicted octanol–water partition coefficient (Wildman–Crippen LogP) is 5.20. The van der Waals surface area contributed by atoms with E-state index < -0.39 is 12.1 Å². The number of rotatable bonds is 7. The number of anilines is 1. The Morgan fingerprint density at radius 2 is 1.67 bits per heavy atom. The van der Waals surface area contributed by atoms with E-state index in [-0.39, 0.29) is 23.5 Å². The molecule has 6 nitrogen and oxygen atoms in total. The Morgan fingerprint density at radius 3 is 2.33 bits per heavy atom. The molecule has 3 atom stereocenters. The highest BCUT2D eigenvalue weighted by Crippen LogP contribution is 2.30. The van der Waals surface area contributed by atoms with Gasteiger partial charge in [0.25, 0.3) is 5.91 Å². The molecule has 7 heteroatoms. The Hall–Kier alpha value is -3.71. The lowest BCUT2D eigenvalue weighted by Crippen LogP contribution is -2.47. The smallest absolute Gasteiger partial charge is 0.252 e. The van der Waals surface area contributed by atoms with Crippen molar-refractivity contribution in [2.45, 2.75) is 37.8 Å². The third-order valence-electron chi connectivity index (χ3n) is 6.72. The molecule has 2 heterocycles. The van der Waals surface area contributed by atoms with Crippen molar-refractivity contribution in [2.75, 3.05) is 18.5 Å². The predicted molar refractivity (Wildman–Crippen MR) is 134 cm³/mol. The third kappa shape index (κ3) is 5.74. The van der Waals surface area contributed by atoms with Gasteiger partial charge >= 0.3 is 0 Å². The lowest BCUT2D eigenvalue weighted by molar-refractivity contribution is -0.144. The Bertz CT molecular complexity index is 1180. The van der Waals surface area contributed by atoms with E-state index in [2.05, 4.69) is 17.4 Å². The minimum absolute atomic E-state index is 0.0914. The van der Waals surface area contributed by atoms with Crippen LogP contribution in [0.1, 0.15) is 24.8 Å². The second kappa shape index (κ2) is 10.9. The molecule has 0 spiro atoms. The van der Waals surface area contributed by atoms with Crippen molar-refractivity contribution in [1.82, 2.24) is 4.90 Å². The maximum absolute atomic E-state index is 13.3. The van der Waals surface area contributed by atoms with Crippen molar-refractivity contribution in [2.24, 2.45) is 5.92 Å². The largest absolute Gasteiger partial charge is 0.457 e. The molecule has 3 aromatic carbocycles. The van der Waals surface area contributed by atoms with Crippen molar-refractivity contribution in [3.8, 4) is 11.5 Å². The zero-order chi connectivity index (χ0) is 24.9. The number of carbonyl (C=O) groups excluding carboxylic acids is 2. The molecule has 2 aliphatic heterocycles. The normalized spacial score (nSPS) is 21.4.